The molecule has 1 aliphatic rings. The molecule has 0 nitrogen and oxygen atoms in total. The van der Waals surface area contributed by atoms with Crippen LogP contribution in [-0.2, 0) is 32.1 Å². The van der Waals surface area contributed by atoms with E-state index in [2.05, 4.69) is 31.2 Å². The molecule has 35 heavy (non-hydrogen) atoms. The van der Waals surface area contributed by atoms with Crippen molar-refractivity contribution in [3.63, 3.8) is 0 Å². The Kier molecular flexibility index (Phi) is 9.38. The van der Waals surface area contributed by atoms with Gasteiger partial charge in [-0.1, -0.05) is 80.6 Å². The predicted octanol–water partition coefficient (Wildman–Crippen LogP) is 9.34. The van der Waals surface area contributed by atoms with Crippen molar-refractivity contribution in [2.24, 2.45) is 11.8 Å². The van der Waals surface area contributed by atoms with Crippen LogP contribution in [0.25, 0.3) is 0 Å². The highest BCUT2D eigenvalue weighted by atomic mass is 35.5. The summed E-state index contributed by atoms with van der Waals surface area (Å²) in [5, 5.41) is 0.668. The lowest BCUT2D eigenvalue weighted by molar-refractivity contribution is 0.253. The zero-order valence-electron chi connectivity index (χ0n) is 20.8. The van der Waals surface area contributed by atoms with Gasteiger partial charge in [0.15, 0.2) is 0 Å². The van der Waals surface area contributed by atoms with Crippen molar-refractivity contribution in [2.75, 3.05) is 0 Å². The highest BCUT2D eigenvalue weighted by molar-refractivity contribution is 6.30. The van der Waals surface area contributed by atoms with Crippen LogP contribution in [-0.4, -0.2) is 0 Å². The summed E-state index contributed by atoms with van der Waals surface area (Å²) in [7, 11) is 0. The van der Waals surface area contributed by atoms with Crippen LogP contribution in [0, 0.1) is 23.5 Å². The molecule has 0 bridgehead atoms. The second-order valence-electron chi connectivity index (χ2n) is 10.3. The number of benzene rings is 3. The quantitative estimate of drug-likeness (QED) is 0.263. The van der Waals surface area contributed by atoms with Gasteiger partial charge in [-0.25, -0.2) is 8.78 Å². The highest BCUT2D eigenvalue weighted by Crippen LogP contribution is 2.34. The average Bonchev–Trinajstić information content (AvgIpc) is 2.87. The maximum Gasteiger partial charge on any atom is 0.129 e. The van der Waals surface area contributed by atoms with Crippen molar-refractivity contribution >= 4 is 11.6 Å². The molecule has 0 atom stereocenters. The van der Waals surface area contributed by atoms with Crippen molar-refractivity contribution in [3.05, 3.63) is 105 Å². The Morgan fingerprint density at radius 3 is 1.63 bits per heavy atom. The number of aryl methyl sites for hydroxylation is 4. The summed E-state index contributed by atoms with van der Waals surface area (Å²) in [4.78, 5) is 0. The van der Waals surface area contributed by atoms with E-state index in [1.165, 1.54) is 49.7 Å². The minimum Gasteiger partial charge on any atom is -0.207 e. The van der Waals surface area contributed by atoms with Gasteiger partial charge in [-0.3, -0.25) is 0 Å². The second-order valence-corrected chi connectivity index (χ2v) is 10.7. The van der Waals surface area contributed by atoms with E-state index in [0.717, 1.165) is 36.3 Å². The predicted molar refractivity (Wildman–Crippen MR) is 143 cm³/mol. The first-order valence-corrected chi connectivity index (χ1v) is 13.7. The molecule has 1 aliphatic carbocycles. The van der Waals surface area contributed by atoms with E-state index in [1.807, 2.05) is 24.3 Å². The molecule has 3 aromatic carbocycles. The number of hydrogen-bond donors (Lipinski definition) is 0. The van der Waals surface area contributed by atoms with Crippen LogP contribution in [0.4, 0.5) is 8.78 Å². The molecule has 1 saturated carbocycles. The molecule has 0 aromatic heterocycles. The standard InChI is InChI=1S/C32H37ClF2/c1-2-23-3-5-24(6-4-23)7-8-25-9-11-26(12-10-25)13-14-28-21-31(34)30(32(35)22-28)20-17-27-15-18-29(33)19-16-27/h3-6,15-16,18-19,21-22,25-26H,2,7-14,17,20H2,1H3/t25-,26-. The van der Waals surface area contributed by atoms with Gasteiger partial charge in [-0.2, -0.15) is 0 Å². The molecule has 4 rings (SSSR count). The van der Waals surface area contributed by atoms with Crippen LogP contribution in [0.3, 0.4) is 0 Å². The van der Waals surface area contributed by atoms with Gasteiger partial charge in [0.2, 0.25) is 0 Å². The third-order valence-electron chi connectivity index (χ3n) is 7.86. The zero-order chi connectivity index (χ0) is 24.6. The van der Waals surface area contributed by atoms with Gasteiger partial charge in [-0.05, 0) is 103 Å². The minimum atomic E-state index is -0.412. The van der Waals surface area contributed by atoms with Crippen molar-refractivity contribution < 1.29 is 8.78 Å². The third-order valence-corrected chi connectivity index (χ3v) is 8.11. The molecule has 0 spiro atoms. The van der Waals surface area contributed by atoms with E-state index in [4.69, 9.17) is 11.6 Å². The summed E-state index contributed by atoms with van der Waals surface area (Å²) in [6, 6.07) is 19.6. The average molecular weight is 495 g/mol. The van der Waals surface area contributed by atoms with Gasteiger partial charge in [-0.15, -0.1) is 0 Å². The van der Waals surface area contributed by atoms with Gasteiger partial charge in [0.25, 0.3) is 0 Å². The number of hydrogen-bond acceptors (Lipinski definition) is 0. The second kappa shape index (κ2) is 12.7. The smallest absolute Gasteiger partial charge is 0.129 e. The van der Waals surface area contributed by atoms with Crippen LogP contribution in [0.15, 0.2) is 60.7 Å². The summed E-state index contributed by atoms with van der Waals surface area (Å²) >= 11 is 5.92. The number of halogens is 3. The van der Waals surface area contributed by atoms with E-state index < -0.39 is 11.6 Å². The fourth-order valence-corrected chi connectivity index (χ4v) is 5.58. The largest absolute Gasteiger partial charge is 0.207 e. The van der Waals surface area contributed by atoms with Gasteiger partial charge in [0.05, 0.1) is 0 Å². The first-order chi connectivity index (χ1) is 17.0. The van der Waals surface area contributed by atoms with Gasteiger partial charge in [0.1, 0.15) is 11.6 Å². The van der Waals surface area contributed by atoms with E-state index >= 15 is 0 Å². The fourth-order valence-electron chi connectivity index (χ4n) is 5.45. The molecule has 0 amide bonds. The van der Waals surface area contributed by atoms with Gasteiger partial charge < -0.3 is 0 Å². The normalized spacial score (nSPS) is 18.1. The SMILES string of the molecule is CCc1ccc(CC[C@H]2CC[C@H](CCc3cc(F)c(CCc4ccc(Cl)cc4)c(F)c3)CC2)cc1. The lowest BCUT2D eigenvalue weighted by Gasteiger charge is -2.28. The van der Waals surface area contributed by atoms with E-state index in [1.54, 1.807) is 12.1 Å². The summed E-state index contributed by atoms with van der Waals surface area (Å²) < 4.78 is 29.4. The zero-order valence-corrected chi connectivity index (χ0v) is 21.6. The Balaban J connectivity index is 1.20. The molecular weight excluding hydrogens is 458 g/mol. The Hall–Kier alpha value is -2.19. The maximum atomic E-state index is 14.7. The van der Waals surface area contributed by atoms with Crippen LogP contribution in [0.2, 0.25) is 5.02 Å². The fraction of sp³-hybridized carbons (Fsp3) is 0.438. The highest BCUT2D eigenvalue weighted by Gasteiger charge is 2.21. The van der Waals surface area contributed by atoms with Crippen LogP contribution in [0.5, 0.6) is 0 Å². The molecule has 0 unspecified atom stereocenters. The van der Waals surface area contributed by atoms with Gasteiger partial charge >= 0.3 is 0 Å². The van der Waals surface area contributed by atoms with Crippen molar-refractivity contribution in [1.29, 1.82) is 0 Å². The van der Waals surface area contributed by atoms with E-state index in [-0.39, 0.29) is 5.56 Å². The lowest BCUT2D eigenvalue weighted by Crippen LogP contribution is -2.16. The third kappa shape index (κ3) is 7.64. The molecule has 0 aliphatic heterocycles. The summed E-state index contributed by atoms with van der Waals surface area (Å²) in [6.07, 6.45) is 11.3. The van der Waals surface area contributed by atoms with Crippen LogP contribution >= 0.6 is 11.6 Å². The Morgan fingerprint density at radius 2 is 1.09 bits per heavy atom. The van der Waals surface area contributed by atoms with Gasteiger partial charge in [0, 0.05) is 10.6 Å². The Labute approximate surface area is 214 Å². The Morgan fingerprint density at radius 1 is 0.629 bits per heavy atom. The molecule has 0 saturated heterocycles. The first-order valence-electron chi connectivity index (χ1n) is 13.3. The maximum absolute atomic E-state index is 14.7. The molecule has 3 heteroatoms. The summed E-state index contributed by atoms with van der Waals surface area (Å²) in [5.74, 6) is 0.659. The van der Waals surface area contributed by atoms with E-state index in [0.29, 0.717) is 23.8 Å². The molecular formula is C32H37ClF2. The lowest BCUT2D eigenvalue weighted by atomic mass is 9.77. The van der Waals surface area contributed by atoms with Crippen molar-refractivity contribution in [1.82, 2.24) is 0 Å². The topological polar surface area (TPSA) is 0 Å². The molecule has 0 heterocycles. The van der Waals surface area contributed by atoms with Crippen LogP contribution in [0.1, 0.15) is 73.3 Å². The van der Waals surface area contributed by atoms with Crippen LogP contribution < -0.4 is 0 Å². The molecule has 0 N–H and O–H groups in total. The molecule has 186 valence electrons. The monoisotopic (exact) mass is 494 g/mol. The molecule has 0 radical (unpaired) electrons. The molecule has 1 fully saturated rings. The van der Waals surface area contributed by atoms with E-state index in [9.17, 15) is 8.78 Å². The number of rotatable bonds is 10. The first kappa shape index (κ1) is 25.9. The van der Waals surface area contributed by atoms with Crippen molar-refractivity contribution in [2.45, 2.75) is 77.6 Å². The Bertz CT molecular complexity index is 1040. The summed E-state index contributed by atoms with van der Waals surface area (Å²) in [5.41, 5.74) is 4.86. The van der Waals surface area contributed by atoms with Crippen molar-refractivity contribution in [3.8, 4) is 0 Å². The molecule has 3 aromatic rings. The summed E-state index contributed by atoms with van der Waals surface area (Å²) in [6.45, 7) is 2.19. The minimum absolute atomic E-state index is 0.188.